The maximum absolute atomic E-state index is 5.83. The van der Waals surface area contributed by atoms with Crippen molar-refractivity contribution < 1.29 is 4.42 Å². The Balaban J connectivity index is 2.07. The zero-order valence-corrected chi connectivity index (χ0v) is 9.86. The van der Waals surface area contributed by atoms with Crippen LogP contribution in [0.3, 0.4) is 0 Å². The van der Waals surface area contributed by atoms with Crippen LogP contribution in [0.15, 0.2) is 22.6 Å². The second-order valence-electron chi connectivity index (χ2n) is 4.67. The molecular formula is C14H17NO. The van der Waals surface area contributed by atoms with E-state index in [4.69, 9.17) is 4.42 Å². The molecule has 1 aliphatic rings. The summed E-state index contributed by atoms with van der Waals surface area (Å²) in [4.78, 5) is 4.49. The summed E-state index contributed by atoms with van der Waals surface area (Å²) in [5, 5.41) is 0. The summed E-state index contributed by atoms with van der Waals surface area (Å²) in [5.74, 6) is 2.43. The van der Waals surface area contributed by atoms with Gasteiger partial charge in [-0.25, -0.2) is 4.98 Å². The lowest BCUT2D eigenvalue weighted by atomic mass is 10.1. The first-order chi connectivity index (χ1) is 7.83. The number of fused-ring (bicyclic) bond motifs is 1. The lowest BCUT2D eigenvalue weighted by molar-refractivity contribution is 0.534. The molecule has 2 heteroatoms. The molecular weight excluding hydrogens is 198 g/mol. The highest BCUT2D eigenvalue weighted by atomic mass is 16.3. The third-order valence-electron chi connectivity index (χ3n) is 3.64. The standard InChI is InChI=1S/C14H17NO/c1-3-9-8-11(9)10-6-5-7-12-14(10)16-13(4-2)15-12/h5-7,9,11H,3-4,8H2,1-2H3/t9-,11?/m0/s1. The van der Waals surface area contributed by atoms with Crippen LogP contribution in [0.5, 0.6) is 0 Å². The van der Waals surface area contributed by atoms with Gasteiger partial charge in [-0.1, -0.05) is 32.4 Å². The average Bonchev–Trinajstić information content (AvgIpc) is 2.98. The number of benzene rings is 1. The summed E-state index contributed by atoms with van der Waals surface area (Å²) in [6.45, 7) is 4.35. The number of rotatable bonds is 3. The third-order valence-corrected chi connectivity index (χ3v) is 3.64. The van der Waals surface area contributed by atoms with Gasteiger partial charge in [0.2, 0.25) is 0 Å². The van der Waals surface area contributed by atoms with E-state index in [-0.39, 0.29) is 0 Å². The van der Waals surface area contributed by atoms with E-state index in [1.807, 2.05) is 6.07 Å². The minimum atomic E-state index is 0.714. The van der Waals surface area contributed by atoms with E-state index < -0.39 is 0 Å². The van der Waals surface area contributed by atoms with E-state index in [1.165, 1.54) is 18.4 Å². The van der Waals surface area contributed by atoms with E-state index in [0.717, 1.165) is 29.3 Å². The van der Waals surface area contributed by atoms with Crippen molar-refractivity contribution >= 4 is 11.1 Å². The van der Waals surface area contributed by atoms with E-state index in [9.17, 15) is 0 Å². The van der Waals surface area contributed by atoms with Crippen LogP contribution in [0.4, 0.5) is 0 Å². The smallest absolute Gasteiger partial charge is 0.195 e. The fraction of sp³-hybridized carbons (Fsp3) is 0.500. The maximum Gasteiger partial charge on any atom is 0.195 e. The van der Waals surface area contributed by atoms with E-state index in [2.05, 4.69) is 31.0 Å². The molecule has 1 fully saturated rings. The van der Waals surface area contributed by atoms with Crippen LogP contribution in [-0.4, -0.2) is 4.98 Å². The number of hydrogen-bond donors (Lipinski definition) is 0. The number of aromatic nitrogens is 1. The van der Waals surface area contributed by atoms with Gasteiger partial charge in [-0.3, -0.25) is 0 Å². The molecule has 1 aromatic heterocycles. The zero-order chi connectivity index (χ0) is 11.1. The molecule has 84 valence electrons. The second kappa shape index (κ2) is 3.62. The SMILES string of the molecule is CCc1nc2cccc(C3C[C@@H]3CC)c2o1. The maximum atomic E-state index is 5.83. The van der Waals surface area contributed by atoms with Crippen LogP contribution in [0.2, 0.25) is 0 Å². The first kappa shape index (κ1) is 9.88. The highest BCUT2D eigenvalue weighted by Gasteiger charge is 2.38. The molecule has 3 rings (SSSR count). The van der Waals surface area contributed by atoms with Crippen LogP contribution < -0.4 is 0 Å². The Morgan fingerprint density at radius 3 is 2.94 bits per heavy atom. The molecule has 1 heterocycles. The summed E-state index contributed by atoms with van der Waals surface area (Å²) < 4.78 is 5.83. The molecule has 0 saturated heterocycles. The fourth-order valence-corrected chi connectivity index (χ4v) is 2.54. The lowest BCUT2D eigenvalue weighted by Gasteiger charge is -1.99. The molecule has 2 atom stereocenters. The van der Waals surface area contributed by atoms with Crippen molar-refractivity contribution in [2.45, 2.75) is 39.0 Å². The number of oxazole rings is 1. The monoisotopic (exact) mass is 215 g/mol. The summed E-state index contributed by atoms with van der Waals surface area (Å²) in [6, 6.07) is 6.35. The largest absolute Gasteiger partial charge is 0.440 e. The van der Waals surface area contributed by atoms with Crippen LogP contribution in [0.1, 0.15) is 44.1 Å². The van der Waals surface area contributed by atoms with E-state index in [1.54, 1.807) is 0 Å². The van der Waals surface area contributed by atoms with Gasteiger partial charge in [-0.2, -0.15) is 0 Å². The van der Waals surface area contributed by atoms with Crippen molar-refractivity contribution in [3.8, 4) is 0 Å². The van der Waals surface area contributed by atoms with Gasteiger partial charge in [0.1, 0.15) is 5.52 Å². The third kappa shape index (κ3) is 1.44. The Hall–Kier alpha value is -1.31. The highest BCUT2D eigenvalue weighted by Crippen LogP contribution is 2.51. The van der Waals surface area contributed by atoms with Gasteiger partial charge in [0.15, 0.2) is 11.5 Å². The zero-order valence-electron chi connectivity index (χ0n) is 9.86. The van der Waals surface area contributed by atoms with Crippen molar-refractivity contribution in [2.75, 3.05) is 0 Å². The van der Waals surface area contributed by atoms with Gasteiger partial charge >= 0.3 is 0 Å². The van der Waals surface area contributed by atoms with Crippen molar-refractivity contribution in [2.24, 2.45) is 5.92 Å². The topological polar surface area (TPSA) is 26.0 Å². The van der Waals surface area contributed by atoms with Crippen molar-refractivity contribution in [3.05, 3.63) is 29.7 Å². The van der Waals surface area contributed by atoms with Gasteiger partial charge < -0.3 is 4.42 Å². The van der Waals surface area contributed by atoms with Crippen LogP contribution in [0, 0.1) is 5.92 Å². The summed E-state index contributed by atoms with van der Waals surface area (Å²) in [6.07, 6.45) is 3.46. The average molecular weight is 215 g/mol. The molecule has 2 nitrogen and oxygen atoms in total. The minimum absolute atomic E-state index is 0.714. The van der Waals surface area contributed by atoms with Crippen LogP contribution in [-0.2, 0) is 6.42 Å². The molecule has 1 unspecified atom stereocenters. The molecule has 0 N–H and O–H groups in total. The van der Waals surface area contributed by atoms with Gasteiger partial charge in [0, 0.05) is 12.0 Å². The minimum Gasteiger partial charge on any atom is -0.440 e. The Labute approximate surface area is 95.7 Å². The number of para-hydroxylation sites is 1. The highest BCUT2D eigenvalue weighted by molar-refractivity contribution is 5.77. The van der Waals surface area contributed by atoms with Crippen molar-refractivity contribution in [1.29, 1.82) is 0 Å². The Morgan fingerprint density at radius 1 is 1.38 bits per heavy atom. The van der Waals surface area contributed by atoms with Gasteiger partial charge in [-0.15, -0.1) is 0 Å². The lowest BCUT2D eigenvalue weighted by Crippen LogP contribution is -1.83. The fourth-order valence-electron chi connectivity index (χ4n) is 2.54. The van der Waals surface area contributed by atoms with E-state index in [0.29, 0.717) is 5.92 Å². The molecule has 1 saturated carbocycles. The predicted octanol–water partition coefficient (Wildman–Crippen LogP) is 3.90. The number of nitrogens with zero attached hydrogens (tertiary/aromatic N) is 1. The first-order valence-corrected chi connectivity index (χ1v) is 6.21. The Morgan fingerprint density at radius 2 is 2.25 bits per heavy atom. The predicted molar refractivity (Wildman–Crippen MR) is 64.5 cm³/mol. The summed E-state index contributed by atoms with van der Waals surface area (Å²) >= 11 is 0. The summed E-state index contributed by atoms with van der Waals surface area (Å²) in [7, 11) is 0. The second-order valence-corrected chi connectivity index (χ2v) is 4.67. The van der Waals surface area contributed by atoms with E-state index >= 15 is 0 Å². The molecule has 1 aliphatic carbocycles. The Bertz CT molecular complexity index is 514. The van der Waals surface area contributed by atoms with Gasteiger partial charge in [-0.05, 0) is 24.3 Å². The number of aryl methyl sites for hydroxylation is 1. The molecule has 0 radical (unpaired) electrons. The molecule has 0 spiro atoms. The van der Waals surface area contributed by atoms with Crippen molar-refractivity contribution in [3.63, 3.8) is 0 Å². The van der Waals surface area contributed by atoms with Gasteiger partial charge in [0.25, 0.3) is 0 Å². The van der Waals surface area contributed by atoms with Crippen LogP contribution >= 0.6 is 0 Å². The Kier molecular flexibility index (Phi) is 2.23. The molecule has 0 aliphatic heterocycles. The normalized spacial score (nSPS) is 23.9. The molecule has 1 aromatic carbocycles. The van der Waals surface area contributed by atoms with Gasteiger partial charge in [0.05, 0.1) is 0 Å². The van der Waals surface area contributed by atoms with Crippen LogP contribution in [0.25, 0.3) is 11.1 Å². The molecule has 0 amide bonds. The summed E-state index contributed by atoms with van der Waals surface area (Å²) in [5.41, 5.74) is 3.42. The molecule has 2 aromatic rings. The van der Waals surface area contributed by atoms with Crippen molar-refractivity contribution in [1.82, 2.24) is 4.98 Å². The quantitative estimate of drug-likeness (QED) is 0.776. The molecule has 16 heavy (non-hydrogen) atoms. The molecule has 0 bridgehead atoms. The first-order valence-electron chi connectivity index (χ1n) is 6.21. The number of hydrogen-bond acceptors (Lipinski definition) is 2.